The van der Waals surface area contributed by atoms with Crippen LogP contribution in [0.2, 0.25) is 0 Å². The van der Waals surface area contributed by atoms with Crippen LogP contribution in [0, 0.1) is 0 Å². The molecule has 98 valence electrons. The van der Waals surface area contributed by atoms with Gasteiger partial charge in [-0.3, -0.25) is 4.79 Å². The van der Waals surface area contributed by atoms with Crippen molar-refractivity contribution in [3.05, 3.63) is 59.7 Å². The Kier molecular flexibility index (Phi) is 3.82. The van der Waals surface area contributed by atoms with Crippen LogP contribution in [0.3, 0.4) is 0 Å². The molecule has 0 spiro atoms. The number of amides is 1. The maximum Gasteiger partial charge on any atom is 0.255 e. The molecule has 2 aromatic rings. The van der Waals surface area contributed by atoms with E-state index >= 15 is 0 Å². The molecule has 0 bridgehead atoms. The zero-order chi connectivity index (χ0) is 13.8. The summed E-state index contributed by atoms with van der Waals surface area (Å²) >= 11 is 0. The third-order valence-electron chi connectivity index (χ3n) is 2.82. The Balaban J connectivity index is 2.08. The molecule has 1 atom stereocenters. The van der Waals surface area contributed by atoms with E-state index in [1.54, 1.807) is 55.5 Å². The summed E-state index contributed by atoms with van der Waals surface area (Å²) in [6, 6.07) is 13.8. The van der Waals surface area contributed by atoms with Crippen LogP contribution in [0.25, 0.3) is 0 Å². The second kappa shape index (κ2) is 5.54. The standard InChI is InChI=1S/C15H16N2O2/c1-10(18)11-4-8-14(9-5-11)17-15(19)12-2-6-13(16)7-3-12/h2-10,18H,16H2,1H3,(H,17,19). The van der Waals surface area contributed by atoms with Crippen LogP contribution in [0.4, 0.5) is 11.4 Å². The van der Waals surface area contributed by atoms with Crippen molar-refractivity contribution < 1.29 is 9.90 Å². The van der Waals surface area contributed by atoms with Gasteiger partial charge in [0, 0.05) is 16.9 Å². The highest BCUT2D eigenvalue weighted by molar-refractivity contribution is 6.04. The molecule has 0 heterocycles. The van der Waals surface area contributed by atoms with E-state index in [4.69, 9.17) is 5.73 Å². The summed E-state index contributed by atoms with van der Waals surface area (Å²) in [4.78, 5) is 11.9. The number of aliphatic hydroxyl groups is 1. The van der Waals surface area contributed by atoms with Gasteiger partial charge in [0.1, 0.15) is 0 Å². The lowest BCUT2D eigenvalue weighted by atomic mass is 10.1. The molecule has 4 nitrogen and oxygen atoms in total. The number of benzene rings is 2. The van der Waals surface area contributed by atoms with E-state index in [9.17, 15) is 9.90 Å². The molecule has 0 radical (unpaired) electrons. The number of hydrogen-bond acceptors (Lipinski definition) is 3. The molecule has 4 N–H and O–H groups in total. The highest BCUT2D eigenvalue weighted by Gasteiger charge is 2.06. The number of anilines is 2. The van der Waals surface area contributed by atoms with E-state index < -0.39 is 6.10 Å². The van der Waals surface area contributed by atoms with Crippen LogP contribution in [0.5, 0.6) is 0 Å². The second-order valence-corrected chi connectivity index (χ2v) is 4.37. The highest BCUT2D eigenvalue weighted by Crippen LogP contribution is 2.16. The van der Waals surface area contributed by atoms with Gasteiger partial charge < -0.3 is 16.2 Å². The van der Waals surface area contributed by atoms with Crippen LogP contribution in [0.15, 0.2) is 48.5 Å². The van der Waals surface area contributed by atoms with Crippen molar-refractivity contribution in [2.75, 3.05) is 11.1 Å². The molecule has 4 heteroatoms. The van der Waals surface area contributed by atoms with E-state index in [0.717, 1.165) is 5.56 Å². The smallest absolute Gasteiger partial charge is 0.255 e. The lowest BCUT2D eigenvalue weighted by Crippen LogP contribution is -2.11. The van der Waals surface area contributed by atoms with Crippen LogP contribution in [-0.2, 0) is 0 Å². The van der Waals surface area contributed by atoms with Crippen LogP contribution in [-0.4, -0.2) is 11.0 Å². The normalized spacial score (nSPS) is 11.9. The summed E-state index contributed by atoms with van der Waals surface area (Å²) in [6.07, 6.45) is -0.512. The molecule has 0 saturated carbocycles. The zero-order valence-electron chi connectivity index (χ0n) is 10.6. The maximum absolute atomic E-state index is 11.9. The Morgan fingerprint density at radius 3 is 2.21 bits per heavy atom. The SMILES string of the molecule is CC(O)c1ccc(NC(=O)c2ccc(N)cc2)cc1. The summed E-state index contributed by atoms with van der Waals surface area (Å²) in [5.41, 5.74) is 8.24. The predicted octanol–water partition coefficient (Wildman–Crippen LogP) is 2.57. The molecule has 0 saturated heterocycles. The molecule has 1 unspecified atom stereocenters. The number of aliphatic hydroxyl groups excluding tert-OH is 1. The van der Waals surface area contributed by atoms with Crippen molar-refractivity contribution in [2.24, 2.45) is 0 Å². The number of carbonyl (C=O) groups excluding carboxylic acids is 1. The average molecular weight is 256 g/mol. The van der Waals surface area contributed by atoms with Gasteiger partial charge in [-0.2, -0.15) is 0 Å². The second-order valence-electron chi connectivity index (χ2n) is 4.37. The lowest BCUT2D eigenvalue weighted by Gasteiger charge is -2.08. The summed E-state index contributed by atoms with van der Waals surface area (Å²) in [7, 11) is 0. The Morgan fingerprint density at radius 2 is 1.68 bits per heavy atom. The van der Waals surface area contributed by atoms with Gasteiger partial charge in [-0.25, -0.2) is 0 Å². The number of rotatable bonds is 3. The first kappa shape index (κ1) is 13.1. The molecule has 0 aliphatic heterocycles. The summed E-state index contributed by atoms with van der Waals surface area (Å²) < 4.78 is 0. The highest BCUT2D eigenvalue weighted by atomic mass is 16.3. The fraction of sp³-hybridized carbons (Fsp3) is 0.133. The summed E-state index contributed by atoms with van der Waals surface area (Å²) in [5.74, 6) is -0.190. The van der Waals surface area contributed by atoms with E-state index in [-0.39, 0.29) is 5.91 Å². The first-order valence-electron chi connectivity index (χ1n) is 6.01. The van der Waals surface area contributed by atoms with Crippen LogP contribution in [0.1, 0.15) is 28.9 Å². The number of nitrogens with one attached hydrogen (secondary N) is 1. The molecule has 1 amide bonds. The number of nitrogen functional groups attached to an aromatic ring is 1. The first-order chi connectivity index (χ1) is 9.06. The van der Waals surface area contributed by atoms with E-state index in [2.05, 4.69) is 5.32 Å². The van der Waals surface area contributed by atoms with Crippen LogP contribution < -0.4 is 11.1 Å². The number of nitrogens with two attached hydrogens (primary N) is 1. The van der Waals surface area contributed by atoms with Crippen LogP contribution >= 0.6 is 0 Å². The fourth-order valence-electron chi connectivity index (χ4n) is 1.68. The summed E-state index contributed by atoms with van der Waals surface area (Å²) in [6.45, 7) is 1.70. The summed E-state index contributed by atoms with van der Waals surface area (Å²) in [5, 5.41) is 12.2. The minimum Gasteiger partial charge on any atom is -0.399 e. The Labute approximate surface area is 111 Å². The third kappa shape index (κ3) is 3.33. The van der Waals surface area contributed by atoms with E-state index in [0.29, 0.717) is 16.9 Å². The maximum atomic E-state index is 11.9. The van der Waals surface area contributed by atoms with Crippen molar-refractivity contribution in [1.82, 2.24) is 0 Å². The minimum atomic E-state index is -0.512. The van der Waals surface area contributed by atoms with Crippen molar-refractivity contribution >= 4 is 17.3 Å². The van der Waals surface area contributed by atoms with E-state index in [1.165, 1.54) is 0 Å². The van der Waals surface area contributed by atoms with Gasteiger partial charge in [-0.15, -0.1) is 0 Å². The van der Waals surface area contributed by atoms with Crippen molar-refractivity contribution in [2.45, 2.75) is 13.0 Å². The average Bonchev–Trinajstić information content (AvgIpc) is 2.40. The van der Waals surface area contributed by atoms with Gasteiger partial charge in [0.05, 0.1) is 6.10 Å². The molecule has 0 fully saturated rings. The van der Waals surface area contributed by atoms with Gasteiger partial charge in [-0.1, -0.05) is 12.1 Å². The molecular weight excluding hydrogens is 240 g/mol. The molecule has 0 aromatic heterocycles. The van der Waals surface area contributed by atoms with Gasteiger partial charge in [0.25, 0.3) is 5.91 Å². The molecular formula is C15H16N2O2. The first-order valence-corrected chi connectivity index (χ1v) is 6.01. The van der Waals surface area contributed by atoms with Gasteiger partial charge in [0.2, 0.25) is 0 Å². The quantitative estimate of drug-likeness (QED) is 0.739. The predicted molar refractivity (Wildman–Crippen MR) is 75.9 cm³/mol. The molecule has 19 heavy (non-hydrogen) atoms. The lowest BCUT2D eigenvalue weighted by molar-refractivity contribution is 0.102. The van der Waals surface area contributed by atoms with Crippen molar-refractivity contribution in [3.8, 4) is 0 Å². The Bertz CT molecular complexity index is 560. The van der Waals surface area contributed by atoms with Crippen molar-refractivity contribution in [3.63, 3.8) is 0 Å². The topological polar surface area (TPSA) is 75.3 Å². The minimum absolute atomic E-state index is 0.190. The van der Waals surface area contributed by atoms with Crippen molar-refractivity contribution in [1.29, 1.82) is 0 Å². The fourth-order valence-corrected chi connectivity index (χ4v) is 1.68. The molecule has 2 aromatic carbocycles. The monoisotopic (exact) mass is 256 g/mol. The third-order valence-corrected chi connectivity index (χ3v) is 2.82. The molecule has 0 aliphatic carbocycles. The number of hydrogen-bond donors (Lipinski definition) is 3. The van der Waals surface area contributed by atoms with Gasteiger partial charge in [-0.05, 0) is 48.9 Å². The van der Waals surface area contributed by atoms with E-state index in [1.807, 2.05) is 0 Å². The zero-order valence-corrected chi connectivity index (χ0v) is 10.6. The Hall–Kier alpha value is -2.33. The largest absolute Gasteiger partial charge is 0.399 e. The van der Waals surface area contributed by atoms with Gasteiger partial charge >= 0.3 is 0 Å². The molecule has 0 aliphatic rings. The Morgan fingerprint density at radius 1 is 1.11 bits per heavy atom. The molecule has 2 rings (SSSR count). The van der Waals surface area contributed by atoms with Gasteiger partial charge in [0.15, 0.2) is 0 Å². The number of carbonyl (C=O) groups is 1.